The topological polar surface area (TPSA) is 47.1 Å². The maximum Gasteiger partial charge on any atom is 0.236 e. The van der Waals surface area contributed by atoms with Crippen LogP contribution in [-0.4, -0.2) is 80.4 Å². The highest BCUT2D eigenvalue weighted by molar-refractivity contribution is 6.30. The van der Waals surface area contributed by atoms with Crippen LogP contribution in [-0.2, 0) is 4.79 Å². The summed E-state index contributed by atoms with van der Waals surface area (Å²) in [4.78, 5) is 32.6. The van der Waals surface area contributed by atoms with E-state index in [1.165, 1.54) is 13.0 Å². The molecular formula is C24H28ClFN4O2. The van der Waals surface area contributed by atoms with Crippen LogP contribution in [0.5, 0.6) is 0 Å². The Kier molecular flexibility index (Phi) is 6.96. The molecule has 2 aliphatic rings. The predicted molar refractivity (Wildman–Crippen MR) is 125 cm³/mol. The van der Waals surface area contributed by atoms with Crippen LogP contribution in [0.2, 0.25) is 5.02 Å². The lowest BCUT2D eigenvalue weighted by molar-refractivity contribution is -0.132. The van der Waals surface area contributed by atoms with Crippen LogP contribution in [0.3, 0.4) is 0 Å². The number of amides is 1. The minimum absolute atomic E-state index is 0.122. The Bertz CT molecular complexity index is 968. The molecule has 0 bridgehead atoms. The van der Waals surface area contributed by atoms with Crippen molar-refractivity contribution in [3.8, 4) is 0 Å². The van der Waals surface area contributed by atoms with Gasteiger partial charge in [-0.15, -0.1) is 0 Å². The van der Waals surface area contributed by atoms with Crippen molar-refractivity contribution in [2.24, 2.45) is 0 Å². The number of benzene rings is 2. The zero-order valence-electron chi connectivity index (χ0n) is 18.3. The smallest absolute Gasteiger partial charge is 0.236 e. The summed E-state index contributed by atoms with van der Waals surface area (Å²) < 4.78 is 14.4. The summed E-state index contributed by atoms with van der Waals surface area (Å²) in [6, 6.07) is 12.5. The van der Waals surface area contributed by atoms with E-state index >= 15 is 0 Å². The van der Waals surface area contributed by atoms with Crippen LogP contribution in [0, 0.1) is 5.82 Å². The number of piperazine rings is 2. The summed E-state index contributed by atoms with van der Waals surface area (Å²) in [5.74, 6) is -0.423. The van der Waals surface area contributed by atoms with Crippen molar-refractivity contribution >= 4 is 34.7 Å². The molecule has 8 heteroatoms. The normalized spacial score (nSPS) is 17.5. The fourth-order valence-corrected chi connectivity index (χ4v) is 4.41. The Balaban J connectivity index is 1.25. The van der Waals surface area contributed by atoms with Crippen molar-refractivity contribution in [3.05, 3.63) is 58.9 Å². The first-order valence-corrected chi connectivity index (χ1v) is 11.3. The van der Waals surface area contributed by atoms with Gasteiger partial charge in [0.2, 0.25) is 5.91 Å². The van der Waals surface area contributed by atoms with Gasteiger partial charge in [-0.2, -0.15) is 0 Å². The van der Waals surface area contributed by atoms with E-state index in [1.807, 2.05) is 34.1 Å². The van der Waals surface area contributed by atoms with Crippen LogP contribution in [0.25, 0.3) is 0 Å². The molecule has 2 aliphatic heterocycles. The van der Waals surface area contributed by atoms with Gasteiger partial charge in [-0.1, -0.05) is 11.6 Å². The van der Waals surface area contributed by atoms with Gasteiger partial charge < -0.3 is 14.7 Å². The van der Waals surface area contributed by atoms with Crippen molar-refractivity contribution in [1.82, 2.24) is 9.80 Å². The van der Waals surface area contributed by atoms with Crippen molar-refractivity contribution in [2.75, 3.05) is 68.7 Å². The minimum atomic E-state index is -0.393. The van der Waals surface area contributed by atoms with Crippen molar-refractivity contribution in [1.29, 1.82) is 0 Å². The Morgan fingerprint density at radius 3 is 2.09 bits per heavy atom. The number of halogens is 2. The van der Waals surface area contributed by atoms with Crippen molar-refractivity contribution < 1.29 is 14.0 Å². The first-order valence-electron chi connectivity index (χ1n) is 11.0. The van der Waals surface area contributed by atoms with E-state index in [0.29, 0.717) is 44.0 Å². The van der Waals surface area contributed by atoms with Gasteiger partial charge in [-0.05, 0) is 49.4 Å². The zero-order valence-corrected chi connectivity index (χ0v) is 19.0. The lowest BCUT2D eigenvalue weighted by Gasteiger charge is -2.39. The third kappa shape index (κ3) is 5.22. The SMILES string of the molecule is CC(=O)c1ccc(N2CCN(C(=O)CN3CCN(c4ccc(Cl)cc4)CC3)CC2)c(F)c1. The van der Waals surface area contributed by atoms with Crippen LogP contribution in [0.1, 0.15) is 17.3 Å². The molecule has 170 valence electrons. The van der Waals surface area contributed by atoms with Gasteiger partial charge in [0.15, 0.2) is 5.78 Å². The van der Waals surface area contributed by atoms with Gasteiger partial charge in [0.05, 0.1) is 12.2 Å². The Morgan fingerprint density at radius 1 is 0.875 bits per heavy atom. The number of rotatable bonds is 5. The number of carbonyl (C=O) groups is 2. The monoisotopic (exact) mass is 458 g/mol. The lowest BCUT2D eigenvalue weighted by Crippen LogP contribution is -2.54. The summed E-state index contributed by atoms with van der Waals surface area (Å²) in [7, 11) is 0. The van der Waals surface area contributed by atoms with Gasteiger partial charge in [0, 0.05) is 68.6 Å². The van der Waals surface area contributed by atoms with Gasteiger partial charge in [-0.25, -0.2) is 4.39 Å². The van der Waals surface area contributed by atoms with Crippen molar-refractivity contribution in [3.63, 3.8) is 0 Å². The summed E-state index contributed by atoms with van der Waals surface area (Å²) in [6.07, 6.45) is 0. The number of carbonyl (C=O) groups excluding carboxylic acids is 2. The number of Topliss-reactive ketones (excluding diaryl/α,β-unsaturated/α-hetero) is 1. The summed E-state index contributed by atoms with van der Waals surface area (Å²) in [5, 5.41) is 0.730. The Morgan fingerprint density at radius 2 is 1.50 bits per heavy atom. The molecule has 32 heavy (non-hydrogen) atoms. The maximum atomic E-state index is 14.4. The molecular weight excluding hydrogens is 431 g/mol. The first kappa shape index (κ1) is 22.6. The summed E-state index contributed by atoms with van der Waals surface area (Å²) in [5.41, 5.74) is 2.01. The molecule has 0 atom stereocenters. The molecule has 0 saturated carbocycles. The van der Waals surface area contributed by atoms with E-state index in [4.69, 9.17) is 11.6 Å². The second-order valence-electron chi connectivity index (χ2n) is 8.33. The highest BCUT2D eigenvalue weighted by Crippen LogP contribution is 2.23. The molecule has 1 amide bonds. The van der Waals surface area contributed by atoms with Crippen LogP contribution < -0.4 is 9.80 Å². The lowest BCUT2D eigenvalue weighted by atomic mass is 10.1. The van der Waals surface area contributed by atoms with Gasteiger partial charge in [0.1, 0.15) is 5.82 Å². The van der Waals surface area contributed by atoms with E-state index in [1.54, 1.807) is 12.1 Å². The zero-order chi connectivity index (χ0) is 22.7. The summed E-state index contributed by atoms with van der Waals surface area (Å²) >= 11 is 5.97. The third-order valence-corrected chi connectivity index (χ3v) is 6.50. The molecule has 0 unspecified atom stereocenters. The largest absolute Gasteiger partial charge is 0.369 e. The predicted octanol–water partition coefficient (Wildman–Crippen LogP) is 3.15. The van der Waals surface area contributed by atoms with E-state index in [0.717, 1.165) is 36.9 Å². The van der Waals surface area contributed by atoms with E-state index < -0.39 is 5.82 Å². The molecule has 4 rings (SSSR count). The average Bonchev–Trinajstić information content (AvgIpc) is 2.80. The number of anilines is 2. The second-order valence-corrected chi connectivity index (χ2v) is 8.77. The highest BCUT2D eigenvalue weighted by atomic mass is 35.5. The Hall–Kier alpha value is -2.64. The molecule has 0 aliphatic carbocycles. The fraction of sp³-hybridized carbons (Fsp3) is 0.417. The highest BCUT2D eigenvalue weighted by Gasteiger charge is 2.26. The fourth-order valence-electron chi connectivity index (χ4n) is 4.29. The number of ketones is 1. The molecule has 2 fully saturated rings. The van der Waals surface area contributed by atoms with E-state index in [-0.39, 0.29) is 11.7 Å². The molecule has 0 spiro atoms. The van der Waals surface area contributed by atoms with Gasteiger partial charge in [-0.3, -0.25) is 14.5 Å². The Labute approximate surface area is 193 Å². The average molecular weight is 459 g/mol. The van der Waals surface area contributed by atoms with E-state index in [2.05, 4.69) is 9.80 Å². The number of nitrogens with zero attached hydrogens (tertiary/aromatic N) is 4. The summed E-state index contributed by atoms with van der Waals surface area (Å²) in [6.45, 7) is 7.54. The molecule has 6 nitrogen and oxygen atoms in total. The number of hydrogen-bond acceptors (Lipinski definition) is 5. The molecule has 0 aromatic heterocycles. The molecule has 0 radical (unpaired) electrons. The van der Waals surface area contributed by atoms with E-state index in [9.17, 15) is 14.0 Å². The molecule has 0 N–H and O–H groups in total. The maximum absolute atomic E-state index is 14.4. The van der Waals surface area contributed by atoms with Crippen LogP contribution in [0.15, 0.2) is 42.5 Å². The van der Waals surface area contributed by atoms with Crippen molar-refractivity contribution in [2.45, 2.75) is 6.92 Å². The van der Waals surface area contributed by atoms with Gasteiger partial charge >= 0.3 is 0 Å². The molecule has 2 aromatic rings. The standard InChI is InChI=1S/C24H28ClFN4O2/c1-18(31)19-2-7-23(22(26)16-19)29-12-14-30(15-13-29)24(32)17-27-8-10-28(11-9-27)21-5-3-20(25)4-6-21/h2-7,16H,8-15,17H2,1H3. The first-order chi connectivity index (χ1) is 15.4. The number of hydrogen-bond donors (Lipinski definition) is 0. The van der Waals surface area contributed by atoms with Crippen LogP contribution in [0.4, 0.5) is 15.8 Å². The van der Waals surface area contributed by atoms with Crippen LogP contribution >= 0.6 is 11.6 Å². The minimum Gasteiger partial charge on any atom is -0.369 e. The quantitative estimate of drug-likeness (QED) is 0.644. The third-order valence-electron chi connectivity index (χ3n) is 6.25. The van der Waals surface area contributed by atoms with Gasteiger partial charge in [0.25, 0.3) is 0 Å². The molecule has 2 aromatic carbocycles. The molecule has 2 saturated heterocycles. The molecule has 2 heterocycles. The second kappa shape index (κ2) is 9.88.